The highest BCUT2D eigenvalue weighted by Crippen LogP contribution is 2.29. The van der Waals surface area contributed by atoms with Crippen LogP contribution in [-0.4, -0.2) is 110 Å². The zero-order valence-corrected chi connectivity index (χ0v) is 14.6. The predicted molar refractivity (Wildman–Crippen MR) is 87.9 cm³/mol. The maximum Gasteiger partial charge on any atom is 0.323 e. The molecule has 12 heteroatoms. The number of nitrogens with two attached hydrogens (primary N) is 1. The monoisotopic (exact) mass is 399 g/mol. The zero-order chi connectivity index (χ0) is 19.9. The molecule has 1 aliphatic heterocycles. The first kappa shape index (κ1) is 23.2. The standard InChI is InChI=1S/C14H25NO10S/c15-6(13(23)24-8(4-17)10(20)7(19)3-16)1-2-26-14-12(22)11(21)9(5-18)25-14/h4,6-12,14,16,18-22H,1-3,5,15H2/t6-,7+,8-,9+,10+,11+,12+,14?/m0/s1. The summed E-state index contributed by atoms with van der Waals surface area (Å²) in [6.45, 7) is -1.27. The van der Waals surface area contributed by atoms with Crippen molar-refractivity contribution >= 4 is 24.0 Å². The minimum absolute atomic E-state index is 0.0696. The normalized spacial score (nSPS) is 30.4. The Balaban J connectivity index is 2.41. The van der Waals surface area contributed by atoms with Crippen LogP contribution < -0.4 is 5.73 Å². The Bertz CT molecular complexity index is 455. The first-order chi connectivity index (χ1) is 12.3. The lowest BCUT2D eigenvalue weighted by atomic mass is 10.1. The molecule has 0 aliphatic carbocycles. The summed E-state index contributed by atoms with van der Waals surface area (Å²) in [6, 6.07) is -1.15. The van der Waals surface area contributed by atoms with Crippen LogP contribution >= 0.6 is 11.8 Å². The molecule has 0 amide bonds. The van der Waals surface area contributed by atoms with Gasteiger partial charge in [0.05, 0.1) is 13.2 Å². The summed E-state index contributed by atoms with van der Waals surface area (Å²) in [7, 11) is 0. The highest BCUT2D eigenvalue weighted by molar-refractivity contribution is 7.99. The number of hydrogen-bond acceptors (Lipinski definition) is 12. The smallest absolute Gasteiger partial charge is 0.323 e. The molecular weight excluding hydrogens is 374 g/mol. The quantitative estimate of drug-likeness (QED) is 0.130. The fourth-order valence-corrected chi connectivity index (χ4v) is 3.36. The third-order valence-electron chi connectivity index (χ3n) is 3.82. The predicted octanol–water partition coefficient (Wildman–Crippen LogP) is -4.30. The van der Waals surface area contributed by atoms with E-state index in [-0.39, 0.29) is 18.5 Å². The molecule has 0 aromatic heterocycles. The molecule has 0 bridgehead atoms. The first-order valence-electron chi connectivity index (χ1n) is 7.89. The van der Waals surface area contributed by atoms with Gasteiger partial charge in [0.25, 0.3) is 0 Å². The van der Waals surface area contributed by atoms with Gasteiger partial charge in [-0.1, -0.05) is 0 Å². The van der Waals surface area contributed by atoms with Crippen LogP contribution in [0.4, 0.5) is 0 Å². The summed E-state index contributed by atoms with van der Waals surface area (Å²) in [5, 5.41) is 56.0. The summed E-state index contributed by atoms with van der Waals surface area (Å²) in [4.78, 5) is 22.7. The Morgan fingerprint density at radius 1 is 1.27 bits per heavy atom. The summed E-state index contributed by atoms with van der Waals surface area (Å²) < 4.78 is 9.98. The zero-order valence-electron chi connectivity index (χ0n) is 13.8. The van der Waals surface area contributed by atoms with Gasteiger partial charge in [-0.3, -0.25) is 9.59 Å². The molecule has 1 saturated heterocycles. The molecule has 0 spiro atoms. The van der Waals surface area contributed by atoms with Gasteiger partial charge in [-0.15, -0.1) is 11.8 Å². The second kappa shape index (κ2) is 11.1. The summed E-state index contributed by atoms with van der Waals surface area (Å²) >= 11 is 1.08. The van der Waals surface area contributed by atoms with Gasteiger partial charge in [0.2, 0.25) is 0 Å². The topological polar surface area (TPSA) is 200 Å². The number of hydrogen-bond donors (Lipinski definition) is 7. The fourth-order valence-electron chi connectivity index (χ4n) is 2.16. The third kappa shape index (κ3) is 6.11. The number of ether oxygens (including phenoxy) is 2. The number of aliphatic hydroxyl groups excluding tert-OH is 6. The van der Waals surface area contributed by atoms with Crippen molar-refractivity contribution in [2.45, 2.75) is 54.5 Å². The lowest BCUT2D eigenvalue weighted by Crippen LogP contribution is -2.45. The fraction of sp³-hybridized carbons (Fsp3) is 0.857. The molecule has 11 nitrogen and oxygen atoms in total. The van der Waals surface area contributed by atoms with E-state index in [1.165, 1.54) is 0 Å². The molecule has 1 fully saturated rings. The van der Waals surface area contributed by atoms with Crippen LogP contribution in [0.25, 0.3) is 0 Å². The molecule has 1 rings (SSSR count). The van der Waals surface area contributed by atoms with Crippen molar-refractivity contribution in [3.05, 3.63) is 0 Å². The van der Waals surface area contributed by atoms with Crippen LogP contribution in [0.3, 0.4) is 0 Å². The van der Waals surface area contributed by atoms with Gasteiger partial charge in [0, 0.05) is 0 Å². The molecule has 0 aromatic carbocycles. The Hall–Kier alpha value is -0.830. The minimum Gasteiger partial charge on any atom is -0.451 e. The van der Waals surface area contributed by atoms with Gasteiger partial charge in [-0.25, -0.2) is 0 Å². The largest absolute Gasteiger partial charge is 0.451 e. The highest BCUT2D eigenvalue weighted by Gasteiger charge is 2.42. The van der Waals surface area contributed by atoms with E-state index in [1.807, 2.05) is 0 Å². The SMILES string of the molecule is N[C@@H](CCSC1O[C@H](CO)[C@@H](O)[C@H]1O)C(=O)O[C@@H](C=O)[C@H](O)[C@H](O)CO. The van der Waals surface area contributed by atoms with Crippen LogP contribution in [0.5, 0.6) is 0 Å². The maximum atomic E-state index is 11.8. The van der Waals surface area contributed by atoms with Gasteiger partial charge < -0.3 is 45.8 Å². The van der Waals surface area contributed by atoms with Gasteiger partial charge in [-0.2, -0.15) is 0 Å². The Morgan fingerprint density at radius 2 is 1.92 bits per heavy atom. The van der Waals surface area contributed by atoms with Crippen molar-refractivity contribution < 1.29 is 49.7 Å². The van der Waals surface area contributed by atoms with Crippen LogP contribution in [-0.2, 0) is 19.1 Å². The molecule has 8 N–H and O–H groups in total. The van der Waals surface area contributed by atoms with Crippen molar-refractivity contribution in [3.8, 4) is 0 Å². The average molecular weight is 399 g/mol. The molecule has 1 aliphatic rings. The van der Waals surface area contributed by atoms with E-state index in [9.17, 15) is 30.0 Å². The van der Waals surface area contributed by atoms with Crippen molar-refractivity contribution in [2.75, 3.05) is 19.0 Å². The molecule has 0 aromatic rings. The van der Waals surface area contributed by atoms with E-state index in [0.717, 1.165) is 11.8 Å². The van der Waals surface area contributed by atoms with Crippen LogP contribution in [0.1, 0.15) is 6.42 Å². The molecule has 8 atom stereocenters. The summed E-state index contributed by atoms with van der Waals surface area (Å²) in [5.41, 5.74) is 4.84. The number of rotatable bonds is 11. The number of thioether (sulfide) groups is 1. The Labute approximate surface area is 153 Å². The first-order valence-corrected chi connectivity index (χ1v) is 8.94. The summed E-state index contributed by atoms with van der Waals surface area (Å²) in [6.07, 6.45) is -8.25. The van der Waals surface area contributed by atoms with E-state index >= 15 is 0 Å². The van der Waals surface area contributed by atoms with Crippen molar-refractivity contribution in [1.29, 1.82) is 0 Å². The Morgan fingerprint density at radius 3 is 2.42 bits per heavy atom. The van der Waals surface area contributed by atoms with Crippen molar-refractivity contribution in [1.82, 2.24) is 0 Å². The van der Waals surface area contributed by atoms with Gasteiger partial charge in [0.1, 0.15) is 42.0 Å². The number of carbonyl (C=O) groups excluding carboxylic acids is 2. The second-order valence-corrected chi connectivity index (χ2v) is 6.96. The number of carbonyl (C=O) groups is 2. The van der Waals surface area contributed by atoms with E-state index in [0.29, 0.717) is 0 Å². The van der Waals surface area contributed by atoms with E-state index in [2.05, 4.69) is 0 Å². The molecular formula is C14H25NO10S. The molecule has 26 heavy (non-hydrogen) atoms. The number of aldehydes is 1. The van der Waals surface area contributed by atoms with E-state index < -0.39 is 67.3 Å². The molecule has 1 heterocycles. The number of esters is 1. The molecule has 0 saturated carbocycles. The van der Waals surface area contributed by atoms with Crippen molar-refractivity contribution in [3.63, 3.8) is 0 Å². The maximum absolute atomic E-state index is 11.8. The van der Waals surface area contributed by atoms with Gasteiger partial charge in [0.15, 0.2) is 12.4 Å². The average Bonchev–Trinajstić information content (AvgIpc) is 2.92. The van der Waals surface area contributed by atoms with Crippen LogP contribution in [0.2, 0.25) is 0 Å². The summed E-state index contributed by atoms with van der Waals surface area (Å²) in [5.74, 6) is -0.760. The third-order valence-corrected chi connectivity index (χ3v) is 5.01. The molecule has 0 radical (unpaired) electrons. The minimum atomic E-state index is -1.79. The van der Waals surface area contributed by atoms with E-state index in [4.69, 9.17) is 25.4 Å². The van der Waals surface area contributed by atoms with E-state index in [1.54, 1.807) is 0 Å². The second-order valence-electron chi connectivity index (χ2n) is 5.75. The van der Waals surface area contributed by atoms with Crippen LogP contribution in [0.15, 0.2) is 0 Å². The Kier molecular flexibility index (Phi) is 9.92. The lowest BCUT2D eigenvalue weighted by molar-refractivity contribution is -0.165. The number of aliphatic hydroxyl groups is 6. The van der Waals surface area contributed by atoms with Gasteiger partial charge in [-0.05, 0) is 12.2 Å². The highest BCUT2D eigenvalue weighted by atomic mass is 32.2. The molecule has 152 valence electrons. The van der Waals surface area contributed by atoms with Crippen LogP contribution in [0, 0.1) is 0 Å². The van der Waals surface area contributed by atoms with Gasteiger partial charge >= 0.3 is 5.97 Å². The van der Waals surface area contributed by atoms with Crippen molar-refractivity contribution in [2.24, 2.45) is 5.73 Å². The molecule has 1 unspecified atom stereocenters. The lowest BCUT2D eigenvalue weighted by Gasteiger charge is -2.23.